The number of oxime groups is 1. The molecular weight excluding hydrogens is 310 g/mol. The highest BCUT2D eigenvalue weighted by Gasteiger charge is 2.21. The maximum Gasteiger partial charge on any atom is 0.345 e. The summed E-state index contributed by atoms with van der Waals surface area (Å²) in [6, 6.07) is 4.98. The normalized spacial score (nSPS) is 18.1. The van der Waals surface area contributed by atoms with Gasteiger partial charge in [0.2, 0.25) is 0 Å². The summed E-state index contributed by atoms with van der Waals surface area (Å²) in [5, 5.41) is 18.9. The highest BCUT2D eigenvalue weighted by atomic mass is 16.5. The Morgan fingerprint density at radius 2 is 2.17 bits per heavy atom. The first-order valence-electron chi connectivity index (χ1n) is 7.96. The Morgan fingerprint density at radius 3 is 2.79 bits per heavy atom. The van der Waals surface area contributed by atoms with Crippen molar-refractivity contribution in [2.75, 3.05) is 7.11 Å². The third-order valence-corrected chi connectivity index (χ3v) is 4.18. The summed E-state index contributed by atoms with van der Waals surface area (Å²) in [6.07, 6.45) is 6.32. The first kappa shape index (κ1) is 16.2. The van der Waals surface area contributed by atoms with Crippen LogP contribution < -0.4 is 20.1 Å². The van der Waals surface area contributed by atoms with Crippen LogP contribution >= 0.6 is 0 Å². The number of allylic oxidation sites excluding steroid dienone is 1. The largest absolute Gasteiger partial charge is 0.493 e. The minimum Gasteiger partial charge on any atom is -0.493 e. The molecule has 1 aromatic rings. The Balaban J connectivity index is 1.79. The molecule has 127 valence electrons. The number of carbonyl (C=O) groups is 1. The lowest BCUT2D eigenvalue weighted by Crippen LogP contribution is -2.20. The third kappa shape index (κ3) is 3.61. The average Bonchev–Trinajstić information content (AvgIpc) is 3.24. The van der Waals surface area contributed by atoms with E-state index in [9.17, 15) is 10.0 Å². The maximum absolute atomic E-state index is 11.1. The molecule has 1 aliphatic heterocycles. The van der Waals surface area contributed by atoms with Crippen LogP contribution in [0.25, 0.3) is 0 Å². The number of rotatable bonds is 6. The number of hydrogen-bond donors (Lipinski definition) is 2. The molecule has 7 heteroatoms. The topological polar surface area (TPSA) is 94.3 Å². The number of nitrogens with zero attached hydrogens (tertiary/aromatic N) is 2. The van der Waals surface area contributed by atoms with Gasteiger partial charge in [-0.3, -0.25) is 0 Å². The van der Waals surface area contributed by atoms with Crippen LogP contribution in [0.1, 0.15) is 37.7 Å². The zero-order valence-electron chi connectivity index (χ0n) is 13.5. The molecule has 0 unspecified atom stereocenters. The third-order valence-electron chi connectivity index (χ3n) is 4.18. The van der Waals surface area contributed by atoms with Crippen LogP contribution in [0.15, 0.2) is 35.3 Å². The first-order chi connectivity index (χ1) is 11.7. The van der Waals surface area contributed by atoms with Crippen LogP contribution in [0, 0.1) is 0 Å². The lowest BCUT2D eigenvalue weighted by Gasteiger charge is -2.17. The number of hydrogen-bond acceptors (Lipinski definition) is 5. The second kappa shape index (κ2) is 7.25. The van der Waals surface area contributed by atoms with E-state index in [1.165, 1.54) is 19.0 Å². The zero-order valence-corrected chi connectivity index (χ0v) is 13.5. The fraction of sp³-hybridized carbons (Fsp3) is 0.412. The summed E-state index contributed by atoms with van der Waals surface area (Å²) in [6.45, 7) is 0. The molecule has 1 heterocycles. The molecule has 0 bridgehead atoms. The average molecular weight is 330 g/mol. The van der Waals surface area contributed by atoms with Crippen molar-refractivity contribution in [3.8, 4) is 11.5 Å². The van der Waals surface area contributed by atoms with E-state index in [0.717, 1.165) is 12.8 Å². The van der Waals surface area contributed by atoms with Crippen molar-refractivity contribution in [3.63, 3.8) is 0 Å². The fourth-order valence-electron chi connectivity index (χ4n) is 2.94. The Hall–Kier alpha value is -2.70. The molecule has 1 aromatic carbocycles. The number of nitrogens with one attached hydrogen (secondary N) is 1. The molecule has 2 amide bonds. The first-order valence-corrected chi connectivity index (χ1v) is 7.96. The van der Waals surface area contributed by atoms with Gasteiger partial charge in [-0.15, -0.1) is 0 Å². The lowest BCUT2D eigenvalue weighted by atomic mass is 10.1. The highest BCUT2D eigenvalue weighted by molar-refractivity contribution is 6.02. The minimum absolute atomic E-state index is 0.194. The van der Waals surface area contributed by atoms with Crippen molar-refractivity contribution in [1.82, 2.24) is 10.6 Å². The van der Waals surface area contributed by atoms with E-state index >= 15 is 0 Å². The monoisotopic (exact) mass is 330 g/mol. The van der Waals surface area contributed by atoms with Gasteiger partial charge in [0.1, 0.15) is 0 Å². The summed E-state index contributed by atoms with van der Waals surface area (Å²) in [7, 11) is 1.60. The molecule has 1 radical (unpaired) electrons. The van der Waals surface area contributed by atoms with Crippen molar-refractivity contribution in [1.29, 1.82) is 0 Å². The molecule has 2 aliphatic rings. The molecule has 24 heavy (non-hydrogen) atoms. The number of amides is 2. The maximum atomic E-state index is 11.1. The smallest absolute Gasteiger partial charge is 0.345 e. The number of benzene rings is 1. The molecule has 3 rings (SSSR count). The highest BCUT2D eigenvalue weighted by Crippen LogP contribution is 2.33. The van der Waals surface area contributed by atoms with Gasteiger partial charge in [0.25, 0.3) is 0 Å². The van der Waals surface area contributed by atoms with E-state index in [4.69, 9.17) is 9.47 Å². The SMILES string of the molecule is COc1ccc(C(CC2=C[N]C(=O)N2)=NO)cc1OC1CCCC1. The fourth-order valence-corrected chi connectivity index (χ4v) is 2.94. The van der Waals surface area contributed by atoms with Crippen LogP contribution in [0.2, 0.25) is 0 Å². The van der Waals surface area contributed by atoms with Gasteiger partial charge in [0, 0.05) is 17.7 Å². The zero-order chi connectivity index (χ0) is 16.9. The summed E-state index contributed by atoms with van der Waals surface area (Å²) < 4.78 is 11.4. The van der Waals surface area contributed by atoms with E-state index in [0.29, 0.717) is 28.5 Å². The quantitative estimate of drug-likeness (QED) is 0.476. The molecule has 0 spiro atoms. The Morgan fingerprint density at radius 1 is 1.38 bits per heavy atom. The van der Waals surface area contributed by atoms with Crippen LogP contribution in [0.5, 0.6) is 11.5 Å². The minimum atomic E-state index is -0.415. The van der Waals surface area contributed by atoms with E-state index in [2.05, 4.69) is 15.8 Å². The second-order valence-corrected chi connectivity index (χ2v) is 5.83. The van der Waals surface area contributed by atoms with E-state index < -0.39 is 6.03 Å². The molecule has 7 nitrogen and oxygen atoms in total. The van der Waals surface area contributed by atoms with Crippen LogP contribution in [-0.4, -0.2) is 30.2 Å². The van der Waals surface area contributed by atoms with E-state index in [-0.39, 0.29) is 12.5 Å². The van der Waals surface area contributed by atoms with Crippen LogP contribution in [0.3, 0.4) is 0 Å². The van der Waals surface area contributed by atoms with Gasteiger partial charge in [0.05, 0.1) is 25.1 Å². The predicted molar refractivity (Wildman–Crippen MR) is 87.6 cm³/mol. The Labute approximate surface area is 140 Å². The second-order valence-electron chi connectivity index (χ2n) is 5.83. The van der Waals surface area contributed by atoms with Crippen molar-refractivity contribution in [2.24, 2.45) is 5.16 Å². The van der Waals surface area contributed by atoms with Crippen LogP contribution in [-0.2, 0) is 0 Å². The van der Waals surface area contributed by atoms with Gasteiger partial charge in [0.15, 0.2) is 11.5 Å². The summed E-state index contributed by atoms with van der Waals surface area (Å²) in [5.41, 5.74) is 1.70. The number of carbonyl (C=O) groups excluding carboxylic acids is 1. The van der Waals surface area contributed by atoms with Gasteiger partial charge in [-0.05, 0) is 43.9 Å². The molecule has 0 atom stereocenters. The van der Waals surface area contributed by atoms with E-state index in [1.54, 1.807) is 25.3 Å². The van der Waals surface area contributed by atoms with Gasteiger partial charge in [-0.1, -0.05) is 5.16 Å². The van der Waals surface area contributed by atoms with E-state index in [1.807, 2.05) is 0 Å². The molecule has 2 N–H and O–H groups in total. The van der Waals surface area contributed by atoms with Crippen molar-refractivity contribution in [3.05, 3.63) is 35.7 Å². The van der Waals surface area contributed by atoms with Gasteiger partial charge >= 0.3 is 6.03 Å². The molecule has 1 saturated carbocycles. The standard InChI is InChI=1S/C17H20N3O4/c1-23-15-7-6-11(8-16(15)24-13-4-2-3-5-13)14(20-22)9-12-10-18-17(21)19-12/h6-8,10,13,22H,2-5,9H2,1H3,(H,19,21). The predicted octanol–water partition coefficient (Wildman–Crippen LogP) is 2.75. The number of ether oxygens (including phenoxy) is 2. The molecule has 0 aromatic heterocycles. The molecule has 1 fully saturated rings. The lowest BCUT2D eigenvalue weighted by molar-refractivity contribution is 0.200. The molecule has 0 saturated heterocycles. The van der Waals surface area contributed by atoms with Gasteiger partial charge in [-0.2, -0.15) is 5.32 Å². The van der Waals surface area contributed by atoms with Gasteiger partial charge < -0.3 is 20.0 Å². The number of methoxy groups -OCH3 is 1. The molecule has 1 aliphatic carbocycles. The Bertz CT molecular complexity index is 678. The van der Waals surface area contributed by atoms with Crippen molar-refractivity contribution >= 4 is 11.7 Å². The van der Waals surface area contributed by atoms with Crippen molar-refractivity contribution in [2.45, 2.75) is 38.2 Å². The summed E-state index contributed by atoms with van der Waals surface area (Å²) >= 11 is 0. The van der Waals surface area contributed by atoms with Gasteiger partial charge in [-0.25, -0.2) is 4.79 Å². The summed E-state index contributed by atoms with van der Waals surface area (Å²) in [4.78, 5) is 11.1. The molecular formula is C17H20N3O4. The van der Waals surface area contributed by atoms with Crippen LogP contribution in [0.4, 0.5) is 4.79 Å². The van der Waals surface area contributed by atoms with Crippen molar-refractivity contribution < 1.29 is 19.5 Å². The number of urea groups is 1. The summed E-state index contributed by atoms with van der Waals surface area (Å²) in [5.74, 6) is 1.28. The Kier molecular flexibility index (Phi) is 4.88.